The summed E-state index contributed by atoms with van der Waals surface area (Å²) in [7, 11) is 0. The Morgan fingerprint density at radius 3 is 3.08 bits per heavy atom. The number of nitrogens with one attached hydrogen (secondary N) is 1. The van der Waals surface area contributed by atoms with Crippen molar-refractivity contribution in [1.29, 1.82) is 0 Å². The third-order valence-electron chi connectivity index (χ3n) is 2.27. The van der Waals surface area contributed by atoms with E-state index >= 15 is 0 Å². The van der Waals surface area contributed by atoms with Crippen molar-refractivity contribution in [2.75, 3.05) is 0 Å². The number of carbonyl (C=O) groups excluding carboxylic acids is 1. The average Bonchev–Trinajstić information content (AvgIpc) is 2.46. The molecule has 1 saturated carbocycles. The molecule has 0 radical (unpaired) electrons. The zero-order valence-electron chi connectivity index (χ0n) is 7.36. The van der Waals surface area contributed by atoms with Crippen LogP contribution < -0.4 is 5.32 Å². The van der Waals surface area contributed by atoms with Gasteiger partial charge in [0.05, 0.1) is 0 Å². The van der Waals surface area contributed by atoms with Gasteiger partial charge in [-0.15, -0.1) is 21.5 Å². The summed E-state index contributed by atoms with van der Waals surface area (Å²) < 4.78 is 0. The highest BCUT2D eigenvalue weighted by molar-refractivity contribution is 7.09. The van der Waals surface area contributed by atoms with Crippen LogP contribution in [0, 0.1) is 0 Å². The lowest BCUT2D eigenvalue weighted by atomic mass is 9.81. The first-order chi connectivity index (χ1) is 6.25. The van der Waals surface area contributed by atoms with Gasteiger partial charge < -0.3 is 5.32 Å². The van der Waals surface area contributed by atoms with Crippen LogP contribution in [0.1, 0.15) is 32.1 Å². The van der Waals surface area contributed by atoms with Gasteiger partial charge in [0.15, 0.2) is 0 Å². The van der Waals surface area contributed by atoms with Crippen LogP contribution in [0.25, 0.3) is 0 Å². The summed E-state index contributed by atoms with van der Waals surface area (Å²) in [6.07, 6.45) is 2.02. The number of nitrogens with zero attached hydrogens (tertiary/aromatic N) is 2. The van der Waals surface area contributed by atoms with Crippen molar-refractivity contribution in [3.8, 4) is 0 Å². The number of aromatic nitrogens is 2. The first-order valence-electron chi connectivity index (χ1n) is 4.29. The topological polar surface area (TPSA) is 54.9 Å². The molecule has 0 spiro atoms. The molecule has 5 heteroatoms. The van der Waals surface area contributed by atoms with Gasteiger partial charge in [0.25, 0.3) is 0 Å². The molecule has 1 N–H and O–H groups in total. The van der Waals surface area contributed by atoms with Crippen molar-refractivity contribution >= 4 is 17.2 Å². The minimum atomic E-state index is 0. The Kier molecular flexibility index (Phi) is 2.26. The Hall–Kier alpha value is -0.970. The van der Waals surface area contributed by atoms with Gasteiger partial charge in [0.1, 0.15) is 10.5 Å². The molecular weight excluding hydrogens is 186 g/mol. The van der Waals surface area contributed by atoms with Crippen molar-refractivity contribution in [2.24, 2.45) is 0 Å². The van der Waals surface area contributed by atoms with Crippen molar-refractivity contribution in [3.63, 3.8) is 0 Å². The number of hydrogen-bond donors (Lipinski definition) is 1. The van der Waals surface area contributed by atoms with Crippen molar-refractivity contribution in [1.82, 2.24) is 15.5 Å². The van der Waals surface area contributed by atoms with Crippen molar-refractivity contribution < 1.29 is 6.22 Å². The lowest BCUT2D eigenvalue weighted by Gasteiger charge is -2.33. The molecule has 0 atom stereocenters. The van der Waals surface area contributed by atoms with Crippen LogP contribution in [-0.2, 0) is 4.79 Å². The molecule has 0 unspecified atom stereocenters. The van der Waals surface area contributed by atoms with Crippen molar-refractivity contribution in [2.45, 2.75) is 31.7 Å². The molecule has 1 heterocycles. The van der Waals surface area contributed by atoms with E-state index in [2.05, 4.69) is 15.5 Å². The Bertz CT molecular complexity index is 298. The molecular formula is C8H13N3OS. The van der Waals surface area contributed by atoms with Gasteiger partial charge in [-0.05, 0) is 12.8 Å². The second kappa shape index (κ2) is 3.41. The summed E-state index contributed by atoms with van der Waals surface area (Å²) in [5.74, 6) is 0.574. The van der Waals surface area contributed by atoms with Crippen LogP contribution in [0.5, 0.6) is 0 Å². The lowest BCUT2D eigenvalue weighted by molar-refractivity contribution is -0.120. The van der Waals surface area contributed by atoms with Gasteiger partial charge >= 0.3 is 0 Å². The fourth-order valence-electron chi connectivity index (χ4n) is 1.58. The zero-order chi connectivity index (χ0) is 9.26. The molecule has 1 amide bonds. The highest BCUT2D eigenvalue weighted by atomic mass is 32.1. The predicted octanol–water partition coefficient (Wildman–Crippen LogP) is 1.17. The van der Waals surface area contributed by atoms with Gasteiger partial charge in [-0.3, -0.25) is 4.79 Å². The summed E-state index contributed by atoms with van der Waals surface area (Å²) in [4.78, 5) is 10.7. The molecule has 1 aromatic heterocycles. The molecule has 2 rings (SSSR count). The fraction of sp³-hybridized carbons (Fsp3) is 0.625. The third kappa shape index (κ3) is 1.85. The normalized spacial score (nSPS) is 26.5. The van der Waals surface area contributed by atoms with Gasteiger partial charge in [-0.25, -0.2) is 0 Å². The minimum absolute atomic E-state index is 0. The van der Waals surface area contributed by atoms with Gasteiger partial charge in [-0.2, -0.15) is 0 Å². The van der Waals surface area contributed by atoms with Crippen LogP contribution in [0.2, 0.25) is 0 Å². The third-order valence-corrected chi connectivity index (χ3v) is 3.13. The summed E-state index contributed by atoms with van der Waals surface area (Å²) >= 11 is 1.59. The molecule has 0 aliphatic heterocycles. The van der Waals surface area contributed by atoms with E-state index in [1.807, 2.05) is 0 Å². The maximum Gasteiger partial charge on any atom is 0.217 e. The number of carbonyl (C=O) groups is 1. The fourth-order valence-corrected chi connectivity index (χ4v) is 2.27. The van der Waals surface area contributed by atoms with E-state index < -0.39 is 0 Å². The highest BCUT2D eigenvalue weighted by Gasteiger charge is 2.32. The van der Waals surface area contributed by atoms with Crippen LogP contribution in [0.4, 0.5) is 0 Å². The molecule has 0 saturated heterocycles. The summed E-state index contributed by atoms with van der Waals surface area (Å²) in [5.41, 5.74) is 1.75. The predicted molar refractivity (Wildman–Crippen MR) is 51.6 cm³/mol. The molecule has 1 aliphatic carbocycles. The van der Waals surface area contributed by atoms with Gasteiger partial charge in [-0.1, -0.05) is 0 Å². The van der Waals surface area contributed by atoms with E-state index in [0.717, 1.165) is 17.8 Å². The van der Waals surface area contributed by atoms with E-state index in [1.54, 1.807) is 23.8 Å². The first kappa shape index (κ1) is 8.62. The van der Waals surface area contributed by atoms with Crippen LogP contribution >= 0.6 is 11.3 Å². The number of hydrogen-bond acceptors (Lipinski definition) is 4. The maximum absolute atomic E-state index is 10.7. The largest absolute Gasteiger partial charge is 0.354 e. The van der Waals surface area contributed by atoms with E-state index in [-0.39, 0.29) is 7.33 Å². The average molecular weight is 199 g/mol. The zero-order valence-corrected chi connectivity index (χ0v) is 8.17. The first-order valence-corrected chi connectivity index (χ1v) is 5.17. The van der Waals surface area contributed by atoms with Crippen LogP contribution in [-0.4, -0.2) is 22.1 Å². The monoisotopic (exact) mass is 199 g/mol. The molecule has 1 fully saturated rings. The molecule has 0 aromatic carbocycles. The number of rotatable bonds is 2. The molecule has 1 aromatic rings. The smallest absolute Gasteiger partial charge is 0.217 e. The highest BCUT2D eigenvalue weighted by Crippen LogP contribution is 2.37. The Morgan fingerprint density at radius 2 is 2.54 bits per heavy atom. The van der Waals surface area contributed by atoms with E-state index in [0.29, 0.717) is 12.0 Å². The van der Waals surface area contributed by atoms with E-state index in [4.69, 9.17) is 0 Å². The van der Waals surface area contributed by atoms with E-state index in [1.165, 1.54) is 0 Å². The summed E-state index contributed by atoms with van der Waals surface area (Å²) in [5, 5.41) is 11.8. The van der Waals surface area contributed by atoms with Crippen molar-refractivity contribution in [3.05, 3.63) is 10.5 Å². The van der Waals surface area contributed by atoms with Crippen LogP contribution in [0.3, 0.4) is 0 Å². The van der Waals surface area contributed by atoms with E-state index in [9.17, 15) is 4.79 Å². The Balaban J connectivity index is 0.000000980. The quantitative estimate of drug-likeness (QED) is 0.777. The van der Waals surface area contributed by atoms with Gasteiger partial charge in [0.2, 0.25) is 5.91 Å². The Morgan fingerprint density at radius 1 is 1.77 bits per heavy atom. The molecule has 13 heavy (non-hydrogen) atoms. The number of amides is 1. The lowest BCUT2D eigenvalue weighted by Crippen LogP contribution is -2.42. The second-order valence-electron chi connectivity index (χ2n) is 3.34. The van der Waals surface area contributed by atoms with Gasteiger partial charge in [0, 0.05) is 20.3 Å². The maximum atomic E-state index is 10.7. The van der Waals surface area contributed by atoms with Crippen LogP contribution in [0.15, 0.2) is 5.51 Å². The molecule has 0 bridgehead atoms. The summed E-state index contributed by atoms with van der Waals surface area (Å²) in [6.45, 7) is 1.55. The minimum Gasteiger partial charge on any atom is -0.354 e. The summed E-state index contributed by atoms with van der Waals surface area (Å²) in [6, 6.07) is 0.353. The standard InChI is InChI=1S/C8H11N3OS.H2/c1-5(12)10-7-2-6(3-7)8-11-9-4-13-8;/h4,6-7H,2-3H2,1H3,(H,10,12);1H. The molecule has 4 nitrogen and oxygen atoms in total. The molecule has 72 valence electrons. The SMILES string of the molecule is CC(=O)NC1CC(c2nncs2)C1.[HH]. The Labute approximate surface area is 81.9 Å². The molecule has 1 aliphatic rings. The second-order valence-corrected chi connectivity index (χ2v) is 4.21.